The Balaban J connectivity index is 1.43. The highest BCUT2D eigenvalue weighted by molar-refractivity contribution is 9.10. The van der Waals surface area contributed by atoms with Crippen molar-refractivity contribution < 1.29 is 9.15 Å². The van der Waals surface area contributed by atoms with Crippen molar-refractivity contribution in [1.29, 1.82) is 0 Å². The molecule has 0 saturated carbocycles. The van der Waals surface area contributed by atoms with Crippen LogP contribution in [0.25, 0.3) is 28.3 Å². The highest BCUT2D eigenvalue weighted by atomic mass is 79.9. The molecule has 0 unspecified atom stereocenters. The van der Waals surface area contributed by atoms with Gasteiger partial charge in [0.1, 0.15) is 24.4 Å². The number of rotatable bonds is 4. The molecule has 0 aliphatic heterocycles. The number of para-hydroxylation sites is 1. The number of aromatic nitrogens is 6. The molecular weight excluding hydrogens is 400 g/mol. The summed E-state index contributed by atoms with van der Waals surface area (Å²) >= 11 is 3.46. The van der Waals surface area contributed by atoms with Crippen LogP contribution >= 0.6 is 15.9 Å². The minimum absolute atomic E-state index is 0.309. The van der Waals surface area contributed by atoms with E-state index in [1.807, 2.05) is 36.4 Å². The van der Waals surface area contributed by atoms with E-state index < -0.39 is 0 Å². The number of aromatic amines is 1. The SMILES string of the molecule is Brc1ccccc1OCc1ccc(-c2nc3c4cn[nH]c4ncn3n2)o1. The number of furan rings is 1. The summed E-state index contributed by atoms with van der Waals surface area (Å²) in [4.78, 5) is 8.78. The molecule has 0 fully saturated rings. The summed E-state index contributed by atoms with van der Waals surface area (Å²) in [5.74, 6) is 2.48. The van der Waals surface area contributed by atoms with Gasteiger partial charge in [-0.05, 0) is 40.2 Å². The van der Waals surface area contributed by atoms with E-state index in [-0.39, 0.29) is 0 Å². The van der Waals surface area contributed by atoms with Crippen molar-refractivity contribution in [3.8, 4) is 17.3 Å². The van der Waals surface area contributed by atoms with Crippen LogP contribution in [0.4, 0.5) is 0 Å². The molecule has 0 spiro atoms. The first kappa shape index (κ1) is 15.1. The smallest absolute Gasteiger partial charge is 0.217 e. The zero-order valence-electron chi connectivity index (χ0n) is 13.3. The number of ether oxygens (including phenoxy) is 1. The molecule has 0 bridgehead atoms. The third-order valence-corrected chi connectivity index (χ3v) is 4.53. The number of nitrogens with zero attached hydrogens (tertiary/aromatic N) is 5. The Kier molecular flexibility index (Phi) is 3.45. The van der Waals surface area contributed by atoms with Gasteiger partial charge in [0.05, 0.1) is 16.1 Å². The Labute approximate surface area is 155 Å². The first-order valence-corrected chi connectivity index (χ1v) is 8.58. The molecule has 1 N–H and O–H groups in total. The number of benzene rings is 1. The fourth-order valence-corrected chi connectivity index (χ4v) is 3.03. The van der Waals surface area contributed by atoms with Gasteiger partial charge >= 0.3 is 0 Å². The van der Waals surface area contributed by atoms with Crippen molar-refractivity contribution in [2.75, 3.05) is 0 Å². The van der Waals surface area contributed by atoms with Crippen LogP contribution in [0, 0.1) is 0 Å². The van der Waals surface area contributed by atoms with Crippen LogP contribution in [0.2, 0.25) is 0 Å². The van der Waals surface area contributed by atoms with Crippen molar-refractivity contribution in [2.24, 2.45) is 0 Å². The van der Waals surface area contributed by atoms with Gasteiger partial charge in [0, 0.05) is 0 Å². The standard InChI is InChI=1S/C17H11BrN6O2/c18-12-3-1-2-4-13(12)25-8-10-5-6-14(26-10)16-21-17-11-7-20-22-15(11)19-9-24(17)23-16/h1-7,9H,8H2,(H,20,22). The minimum Gasteiger partial charge on any atom is -0.484 e. The average molecular weight is 411 g/mol. The molecule has 5 rings (SSSR count). The van der Waals surface area contributed by atoms with Crippen LogP contribution in [-0.2, 0) is 6.61 Å². The van der Waals surface area contributed by atoms with Gasteiger partial charge < -0.3 is 9.15 Å². The molecule has 9 heteroatoms. The lowest BCUT2D eigenvalue weighted by Crippen LogP contribution is -1.94. The van der Waals surface area contributed by atoms with Crippen LogP contribution in [0.5, 0.6) is 5.75 Å². The number of hydrogen-bond donors (Lipinski definition) is 1. The minimum atomic E-state index is 0.309. The summed E-state index contributed by atoms with van der Waals surface area (Å²) in [6, 6.07) is 11.3. The second-order valence-corrected chi connectivity index (χ2v) is 6.42. The van der Waals surface area contributed by atoms with E-state index in [4.69, 9.17) is 9.15 Å². The number of halogens is 1. The quantitative estimate of drug-likeness (QED) is 0.486. The van der Waals surface area contributed by atoms with Crippen molar-refractivity contribution >= 4 is 32.6 Å². The Morgan fingerprint density at radius 3 is 3.04 bits per heavy atom. The summed E-state index contributed by atoms with van der Waals surface area (Å²) in [7, 11) is 0. The first-order chi connectivity index (χ1) is 12.8. The molecule has 0 radical (unpaired) electrons. The summed E-state index contributed by atoms with van der Waals surface area (Å²) < 4.78 is 14.1. The highest BCUT2D eigenvalue weighted by Gasteiger charge is 2.14. The van der Waals surface area contributed by atoms with Gasteiger partial charge in [-0.2, -0.15) is 5.10 Å². The second kappa shape index (κ2) is 5.95. The van der Waals surface area contributed by atoms with Crippen LogP contribution < -0.4 is 4.74 Å². The molecule has 5 aromatic rings. The molecule has 0 atom stereocenters. The second-order valence-electron chi connectivity index (χ2n) is 5.57. The van der Waals surface area contributed by atoms with E-state index in [9.17, 15) is 0 Å². The Bertz CT molecular complexity index is 1220. The van der Waals surface area contributed by atoms with Gasteiger partial charge in [-0.15, -0.1) is 5.10 Å². The zero-order valence-corrected chi connectivity index (χ0v) is 14.8. The first-order valence-electron chi connectivity index (χ1n) is 7.79. The lowest BCUT2D eigenvalue weighted by atomic mass is 10.3. The maximum Gasteiger partial charge on any atom is 0.217 e. The normalized spacial score (nSPS) is 11.4. The molecular formula is C17H11BrN6O2. The van der Waals surface area contributed by atoms with Crippen LogP contribution in [0.15, 0.2) is 57.8 Å². The topological polar surface area (TPSA) is 94.1 Å². The summed E-state index contributed by atoms with van der Waals surface area (Å²) in [5.41, 5.74) is 1.33. The molecule has 128 valence electrons. The predicted molar refractivity (Wildman–Crippen MR) is 96.6 cm³/mol. The molecule has 1 aromatic carbocycles. The van der Waals surface area contributed by atoms with Gasteiger partial charge in [0.2, 0.25) is 5.82 Å². The number of H-pyrrole nitrogens is 1. The van der Waals surface area contributed by atoms with Crippen molar-refractivity contribution in [3.63, 3.8) is 0 Å². The molecule has 8 nitrogen and oxygen atoms in total. The van der Waals surface area contributed by atoms with Crippen molar-refractivity contribution in [2.45, 2.75) is 6.61 Å². The third-order valence-electron chi connectivity index (χ3n) is 3.88. The Morgan fingerprint density at radius 1 is 1.19 bits per heavy atom. The fraction of sp³-hybridized carbons (Fsp3) is 0.0588. The van der Waals surface area contributed by atoms with Gasteiger partial charge in [-0.1, -0.05) is 12.1 Å². The van der Waals surface area contributed by atoms with E-state index >= 15 is 0 Å². The number of nitrogens with one attached hydrogen (secondary N) is 1. The molecule has 0 aliphatic rings. The Morgan fingerprint density at radius 2 is 2.12 bits per heavy atom. The highest BCUT2D eigenvalue weighted by Crippen LogP contribution is 2.26. The van der Waals surface area contributed by atoms with E-state index in [1.54, 1.807) is 17.0 Å². The molecule has 4 heterocycles. The summed E-state index contributed by atoms with van der Waals surface area (Å²) in [6.07, 6.45) is 3.27. The van der Waals surface area contributed by atoms with E-state index in [0.29, 0.717) is 35.2 Å². The van der Waals surface area contributed by atoms with Gasteiger partial charge in [0.15, 0.2) is 17.1 Å². The zero-order chi connectivity index (χ0) is 17.5. The molecule has 26 heavy (non-hydrogen) atoms. The molecule has 0 amide bonds. The van der Waals surface area contributed by atoms with E-state index in [1.165, 1.54) is 0 Å². The molecule has 0 saturated heterocycles. The monoisotopic (exact) mass is 410 g/mol. The van der Waals surface area contributed by atoms with Crippen LogP contribution in [0.1, 0.15) is 5.76 Å². The lowest BCUT2D eigenvalue weighted by molar-refractivity contribution is 0.270. The van der Waals surface area contributed by atoms with Gasteiger partial charge in [-0.3, -0.25) is 5.10 Å². The van der Waals surface area contributed by atoms with Crippen molar-refractivity contribution in [1.82, 2.24) is 29.8 Å². The third kappa shape index (κ3) is 2.53. The number of hydrogen-bond acceptors (Lipinski definition) is 6. The lowest BCUT2D eigenvalue weighted by Gasteiger charge is -2.05. The maximum atomic E-state index is 5.83. The predicted octanol–water partition coefficient (Wildman–Crippen LogP) is 3.60. The number of fused-ring (bicyclic) bond motifs is 3. The fourth-order valence-electron chi connectivity index (χ4n) is 2.63. The molecule has 0 aliphatic carbocycles. The maximum absolute atomic E-state index is 5.83. The van der Waals surface area contributed by atoms with Gasteiger partial charge in [0.25, 0.3) is 0 Å². The largest absolute Gasteiger partial charge is 0.484 e. The average Bonchev–Trinajstić information content (AvgIpc) is 3.38. The van der Waals surface area contributed by atoms with E-state index in [2.05, 4.69) is 41.2 Å². The Hall–Kier alpha value is -3.20. The molecule has 4 aromatic heterocycles. The van der Waals surface area contributed by atoms with E-state index in [0.717, 1.165) is 15.6 Å². The van der Waals surface area contributed by atoms with Crippen LogP contribution in [0.3, 0.4) is 0 Å². The van der Waals surface area contributed by atoms with Crippen LogP contribution in [-0.4, -0.2) is 29.8 Å². The summed E-state index contributed by atoms with van der Waals surface area (Å²) in [6.45, 7) is 0.309. The van der Waals surface area contributed by atoms with Gasteiger partial charge in [-0.25, -0.2) is 14.5 Å². The van der Waals surface area contributed by atoms with Crippen molar-refractivity contribution in [3.05, 3.63) is 59.2 Å². The summed E-state index contributed by atoms with van der Waals surface area (Å²) in [5, 5.41) is 12.0.